The molecule has 80 valence electrons. The first-order valence-electron chi connectivity index (χ1n) is 5.21. The van der Waals surface area contributed by atoms with Crippen molar-refractivity contribution < 1.29 is 0 Å². The summed E-state index contributed by atoms with van der Waals surface area (Å²) < 4.78 is 0. The Labute approximate surface area is 90.6 Å². The Morgan fingerprint density at radius 1 is 1.20 bits per heavy atom. The molecule has 0 atom stereocenters. The average Bonchev–Trinajstić information content (AvgIpc) is 2.31. The van der Waals surface area contributed by atoms with E-state index in [1.807, 2.05) is 46.1 Å². The SMILES string of the molecule is CC.CNc1ccc2cc(C)cnc2n1. The number of fused-ring (bicyclic) bond motifs is 1. The maximum atomic E-state index is 4.31. The zero-order valence-electron chi connectivity index (χ0n) is 9.70. The molecule has 0 aliphatic heterocycles. The summed E-state index contributed by atoms with van der Waals surface area (Å²) in [5, 5.41) is 4.07. The number of pyridine rings is 2. The quantitative estimate of drug-likeness (QED) is 0.774. The highest BCUT2D eigenvalue weighted by Gasteiger charge is 1.97. The Hall–Kier alpha value is -1.64. The molecule has 0 saturated carbocycles. The van der Waals surface area contributed by atoms with Crippen LogP contribution in [0.25, 0.3) is 11.0 Å². The summed E-state index contributed by atoms with van der Waals surface area (Å²) in [6, 6.07) is 6.05. The second kappa shape index (κ2) is 5.29. The van der Waals surface area contributed by atoms with Gasteiger partial charge in [-0.2, -0.15) is 0 Å². The molecule has 0 aliphatic rings. The molecule has 0 unspecified atom stereocenters. The van der Waals surface area contributed by atoms with E-state index >= 15 is 0 Å². The Balaban J connectivity index is 0.000000531. The van der Waals surface area contributed by atoms with Crippen molar-refractivity contribution in [3.63, 3.8) is 0 Å². The predicted octanol–water partition coefficient (Wildman–Crippen LogP) is 3.01. The van der Waals surface area contributed by atoms with Crippen LogP contribution in [-0.2, 0) is 0 Å². The van der Waals surface area contributed by atoms with Gasteiger partial charge in [0, 0.05) is 18.6 Å². The summed E-state index contributed by atoms with van der Waals surface area (Å²) >= 11 is 0. The van der Waals surface area contributed by atoms with Gasteiger partial charge in [-0.05, 0) is 30.7 Å². The molecule has 0 bridgehead atoms. The first-order chi connectivity index (χ1) is 7.29. The Kier molecular flexibility index (Phi) is 4.03. The number of nitrogens with one attached hydrogen (secondary N) is 1. The van der Waals surface area contributed by atoms with E-state index in [1.54, 1.807) is 0 Å². The van der Waals surface area contributed by atoms with Gasteiger partial charge in [0.05, 0.1) is 0 Å². The van der Waals surface area contributed by atoms with Gasteiger partial charge in [0.2, 0.25) is 0 Å². The molecule has 0 amide bonds. The molecule has 0 fully saturated rings. The van der Waals surface area contributed by atoms with E-state index in [-0.39, 0.29) is 0 Å². The fourth-order valence-corrected chi connectivity index (χ4v) is 1.26. The monoisotopic (exact) mass is 203 g/mol. The van der Waals surface area contributed by atoms with Crippen LogP contribution in [0.1, 0.15) is 19.4 Å². The number of aryl methyl sites for hydroxylation is 1. The van der Waals surface area contributed by atoms with Crippen LogP contribution in [0.5, 0.6) is 0 Å². The lowest BCUT2D eigenvalue weighted by atomic mass is 10.2. The summed E-state index contributed by atoms with van der Waals surface area (Å²) in [6.07, 6.45) is 1.83. The summed E-state index contributed by atoms with van der Waals surface area (Å²) in [5.41, 5.74) is 1.95. The van der Waals surface area contributed by atoms with Crippen LogP contribution < -0.4 is 5.32 Å². The molecule has 0 saturated heterocycles. The highest BCUT2D eigenvalue weighted by molar-refractivity contribution is 5.76. The lowest BCUT2D eigenvalue weighted by molar-refractivity contribution is 1.24. The van der Waals surface area contributed by atoms with Crippen LogP contribution in [-0.4, -0.2) is 17.0 Å². The van der Waals surface area contributed by atoms with Crippen LogP contribution in [0.3, 0.4) is 0 Å². The molecule has 15 heavy (non-hydrogen) atoms. The molecule has 3 nitrogen and oxygen atoms in total. The van der Waals surface area contributed by atoms with Crippen molar-refractivity contribution in [3.8, 4) is 0 Å². The second-order valence-corrected chi connectivity index (χ2v) is 3.01. The number of aromatic nitrogens is 2. The number of rotatable bonds is 1. The van der Waals surface area contributed by atoms with Gasteiger partial charge in [0.15, 0.2) is 5.65 Å². The predicted molar refractivity (Wildman–Crippen MR) is 65.2 cm³/mol. The van der Waals surface area contributed by atoms with Gasteiger partial charge in [0.25, 0.3) is 0 Å². The highest BCUT2D eigenvalue weighted by atomic mass is 15.0. The molecule has 1 N–H and O–H groups in total. The number of hydrogen-bond donors (Lipinski definition) is 1. The zero-order valence-corrected chi connectivity index (χ0v) is 9.70. The van der Waals surface area contributed by atoms with Crippen LogP contribution >= 0.6 is 0 Å². The van der Waals surface area contributed by atoms with Crippen molar-refractivity contribution in [1.82, 2.24) is 9.97 Å². The fourth-order valence-electron chi connectivity index (χ4n) is 1.26. The number of nitrogens with zero attached hydrogens (tertiary/aromatic N) is 2. The Morgan fingerprint density at radius 2 is 1.93 bits per heavy atom. The van der Waals surface area contributed by atoms with Gasteiger partial charge >= 0.3 is 0 Å². The van der Waals surface area contributed by atoms with Crippen LogP contribution in [0.15, 0.2) is 24.4 Å². The second-order valence-electron chi connectivity index (χ2n) is 3.01. The van der Waals surface area contributed by atoms with Gasteiger partial charge in [0.1, 0.15) is 5.82 Å². The molecule has 2 aromatic heterocycles. The molecule has 0 aromatic carbocycles. The molecule has 3 heteroatoms. The van der Waals surface area contributed by atoms with E-state index in [9.17, 15) is 0 Å². The lowest BCUT2D eigenvalue weighted by Crippen LogP contribution is -1.93. The number of hydrogen-bond acceptors (Lipinski definition) is 3. The molecular formula is C12H17N3. The highest BCUT2D eigenvalue weighted by Crippen LogP contribution is 2.13. The summed E-state index contributed by atoms with van der Waals surface area (Å²) in [4.78, 5) is 8.55. The van der Waals surface area contributed by atoms with Crippen molar-refractivity contribution in [1.29, 1.82) is 0 Å². The van der Waals surface area contributed by atoms with E-state index in [0.717, 1.165) is 22.4 Å². The normalized spacial score (nSPS) is 9.33. The summed E-state index contributed by atoms with van der Waals surface area (Å²) in [6.45, 7) is 6.03. The van der Waals surface area contributed by atoms with Crippen LogP contribution in [0.2, 0.25) is 0 Å². The topological polar surface area (TPSA) is 37.8 Å². The maximum Gasteiger partial charge on any atom is 0.161 e. The van der Waals surface area contributed by atoms with Gasteiger partial charge < -0.3 is 5.32 Å². The van der Waals surface area contributed by atoms with Gasteiger partial charge in [-0.3, -0.25) is 0 Å². The van der Waals surface area contributed by atoms with E-state index < -0.39 is 0 Å². The van der Waals surface area contributed by atoms with Crippen molar-refractivity contribution in [3.05, 3.63) is 30.0 Å². The van der Waals surface area contributed by atoms with E-state index in [4.69, 9.17) is 0 Å². The van der Waals surface area contributed by atoms with Crippen molar-refractivity contribution in [2.75, 3.05) is 12.4 Å². The average molecular weight is 203 g/mol. The van der Waals surface area contributed by atoms with Gasteiger partial charge in [-0.25, -0.2) is 9.97 Å². The Bertz CT molecular complexity index is 438. The first kappa shape index (κ1) is 11.4. The first-order valence-corrected chi connectivity index (χ1v) is 5.21. The smallest absolute Gasteiger partial charge is 0.161 e. The van der Waals surface area contributed by atoms with Crippen molar-refractivity contribution in [2.45, 2.75) is 20.8 Å². The Morgan fingerprint density at radius 3 is 2.60 bits per heavy atom. The third kappa shape index (κ3) is 2.65. The summed E-state index contributed by atoms with van der Waals surface area (Å²) in [5.74, 6) is 0.851. The van der Waals surface area contributed by atoms with E-state index in [0.29, 0.717) is 0 Å². The minimum absolute atomic E-state index is 0.789. The maximum absolute atomic E-state index is 4.31. The third-order valence-electron chi connectivity index (χ3n) is 1.94. The van der Waals surface area contributed by atoms with Crippen LogP contribution in [0, 0.1) is 6.92 Å². The fraction of sp³-hybridized carbons (Fsp3) is 0.333. The standard InChI is InChI=1S/C10H11N3.C2H6/c1-7-5-8-3-4-9(11-2)13-10(8)12-6-7;1-2/h3-6H,1-2H3,(H,11,12,13);1-2H3. The van der Waals surface area contributed by atoms with Crippen molar-refractivity contribution in [2.24, 2.45) is 0 Å². The van der Waals surface area contributed by atoms with Gasteiger partial charge in [-0.15, -0.1) is 0 Å². The molecule has 0 aliphatic carbocycles. The number of anilines is 1. The minimum atomic E-state index is 0.789. The molecule has 0 spiro atoms. The molecular weight excluding hydrogens is 186 g/mol. The van der Waals surface area contributed by atoms with Crippen molar-refractivity contribution >= 4 is 16.9 Å². The molecule has 2 rings (SSSR count). The molecule has 2 aromatic rings. The molecule has 2 heterocycles. The zero-order chi connectivity index (χ0) is 11.3. The largest absolute Gasteiger partial charge is 0.373 e. The van der Waals surface area contributed by atoms with Crippen LogP contribution in [0.4, 0.5) is 5.82 Å². The molecule has 0 radical (unpaired) electrons. The van der Waals surface area contributed by atoms with Gasteiger partial charge in [-0.1, -0.05) is 13.8 Å². The minimum Gasteiger partial charge on any atom is -0.373 e. The summed E-state index contributed by atoms with van der Waals surface area (Å²) in [7, 11) is 1.85. The van der Waals surface area contributed by atoms with E-state index in [1.165, 1.54) is 0 Å². The third-order valence-corrected chi connectivity index (χ3v) is 1.94. The lowest BCUT2D eigenvalue weighted by Gasteiger charge is -2.01. The van der Waals surface area contributed by atoms with E-state index in [2.05, 4.69) is 21.4 Å².